The minimum Gasteiger partial charge on any atom is -0.481 e. The maximum atomic E-state index is 12.5. The van der Waals surface area contributed by atoms with E-state index in [4.69, 9.17) is 9.84 Å². The third-order valence-electron chi connectivity index (χ3n) is 3.10. The van der Waals surface area contributed by atoms with Crippen LogP contribution in [0.25, 0.3) is 10.6 Å². The number of rotatable bonds is 7. The molecule has 0 atom stereocenters. The molecule has 2 heterocycles. The summed E-state index contributed by atoms with van der Waals surface area (Å²) in [7, 11) is 1.61. The molecule has 0 aliphatic heterocycles. The van der Waals surface area contributed by atoms with Gasteiger partial charge in [0.05, 0.1) is 17.0 Å². The smallest absolute Gasteiger partial charge is 0.308 e. The van der Waals surface area contributed by atoms with Gasteiger partial charge in [-0.2, -0.15) is 0 Å². The largest absolute Gasteiger partial charge is 0.481 e. The number of carboxylic acids is 1. The molecule has 5 nitrogen and oxygen atoms in total. The zero-order chi connectivity index (χ0) is 15.2. The van der Waals surface area contributed by atoms with Crippen LogP contribution < -0.4 is 5.56 Å². The van der Waals surface area contributed by atoms with E-state index in [1.165, 1.54) is 0 Å². The topological polar surface area (TPSA) is 68.5 Å². The monoisotopic (exact) mass is 307 g/mol. The number of carboxylic acid groups (broad SMARTS) is 1. The number of carbonyl (C=O) groups is 1. The molecule has 0 aliphatic carbocycles. The Kier molecular flexibility index (Phi) is 5.30. The van der Waals surface area contributed by atoms with Crippen LogP contribution in [0.2, 0.25) is 0 Å². The van der Waals surface area contributed by atoms with Crippen LogP contribution in [0, 0.1) is 0 Å². The summed E-state index contributed by atoms with van der Waals surface area (Å²) in [5.41, 5.74) is 0.889. The molecular formula is C15H17NO4S. The Morgan fingerprint density at radius 3 is 2.81 bits per heavy atom. The first-order chi connectivity index (χ1) is 10.1. The van der Waals surface area contributed by atoms with Gasteiger partial charge in [-0.25, -0.2) is 0 Å². The number of hydrogen-bond acceptors (Lipinski definition) is 4. The van der Waals surface area contributed by atoms with E-state index in [0.717, 1.165) is 10.6 Å². The van der Waals surface area contributed by atoms with Crippen molar-refractivity contribution in [1.29, 1.82) is 0 Å². The summed E-state index contributed by atoms with van der Waals surface area (Å²) in [6.07, 6.45) is 0.444. The molecule has 0 spiro atoms. The van der Waals surface area contributed by atoms with Crippen LogP contribution in [0.3, 0.4) is 0 Å². The van der Waals surface area contributed by atoms with E-state index in [-0.39, 0.29) is 12.0 Å². The van der Waals surface area contributed by atoms with Gasteiger partial charge < -0.3 is 14.4 Å². The first-order valence-corrected chi connectivity index (χ1v) is 7.48. The highest BCUT2D eigenvalue weighted by Crippen LogP contribution is 2.24. The predicted octanol–water partition coefficient (Wildman–Crippen LogP) is 2.24. The number of nitrogens with zero attached hydrogens (tertiary/aromatic N) is 1. The molecule has 2 rings (SSSR count). The fourth-order valence-electron chi connectivity index (χ4n) is 2.15. The van der Waals surface area contributed by atoms with Crippen molar-refractivity contribution in [1.82, 2.24) is 4.57 Å². The Balaban J connectivity index is 2.43. The Morgan fingerprint density at radius 1 is 1.38 bits per heavy atom. The number of aromatic nitrogens is 1. The van der Waals surface area contributed by atoms with Crippen LogP contribution in [-0.4, -0.2) is 29.4 Å². The molecule has 1 N–H and O–H groups in total. The van der Waals surface area contributed by atoms with E-state index in [1.807, 2.05) is 23.6 Å². The first-order valence-electron chi connectivity index (χ1n) is 6.61. The summed E-state index contributed by atoms with van der Waals surface area (Å²) >= 11 is 1.55. The van der Waals surface area contributed by atoms with Gasteiger partial charge in [0.1, 0.15) is 0 Å². The Labute approximate surface area is 126 Å². The lowest BCUT2D eigenvalue weighted by atomic mass is 10.1. The number of hydrogen-bond donors (Lipinski definition) is 1. The minimum atomic E-state index is -1.00. The van der Waals surface area contributed by atoms with Gasteiger partial charge >= 0.3 is 5.97 Å². The second kappa shape index (κ2) is 7.19. The summed E-state index contributed by atoms with van der Waals surface area (Å²) in [6, 6.07) is 7.30. The van der Waals surface area contributed by atoms with Crippen molar-refractivity contribution < 1.29 is 14.6 Å². The second-order valence-corrected chi connectivity index (χ2v) is 5.54. The maximum absolute atomic E-state index is 12.5. The number of pyridine rings is 1. The fraction of sp³-hybridized carbons (Fsp3) is 0.333. The Hall–Kier alpha value is -1.92. The summed E-state index contributed by atoms with van der Waals surface area (Å²) in [6.45, 7) is 1.06. The van der Waals surface area contributed by atoms with Gasteiger partial charge in [-0.15, -0.1) is 11.3 Å². The van der Waals surface area contributed by atoms with Gasteiger partial charge in [-0.05, 0) is 23.9 Å². The lowest BCUT2D eigenvalue weighted by molar-refractivity contribution is -0.136. The molecule has 0 aliphatic rings. The Morgan fingerprint density at radius 2 is 2.19 bits per heavy atom. The van der Waals surface area contributed by atoms with E-state index < -0.39 is 5.97 Å². The number of aliphatic carboxylic acids is 1. The molecule has 2 aromatic heterocycles. The zero-order valence-corrected chi connectivity index (χ0v) is 12.6. The fourth-order valence-corrected chi connectivity index (χ4v) is 2.91. The Bertz CT molecular complexity index is 661. The average molecular weight is 307 g/mol. The van der Waals surface area contributed by atoms with Gasteiger partial charge in [0, 0.05) is 25.8 Å². The normalized spacial score (nSPS) is 10.7. The third-order valence-corrected chi connectivity index (χ3v) is 3.99. The van der Waals surface area contributed by atoms with Crippen LogP contribution in [0.15, 0.2) is 34.4 Å². The molecule has 0 amide bonds. The molecule has 0 fully saturated rings. The second-order valence-electron chi connectivity index (χ2n) is 4.59. The van der Waals surface area contributed by atoms with Crippen LogP contribution in [0.5, 0.6) is 0 Å². The molecule has 112 valence electrons. The number of thiophene rings is 1. The molecule has 0 saturated heterocycles. The predicted molar refractivity (Wildman–Crippen MR) is 81.8 cm³/mol. The summed E-state index contributed by atoms with van der Waals surface area (Å²) in [5, 5.41) is 10.8. The van der Waals surface area contributed by atoms with Gasteiger partial charge in [-0.3, -0.25) is 9.59 Å². The van der Waals surface area contributed by atoms with Crippen molar-refractivity contribution in [2.75, 3.05) is 13.7 Å². The molecular weight excluding hydrogens is 290 g/mol. The molecule has 0 saturated carbocycles. The van der Waals surface area contributed by atoms with Crippen molar-refractivity contribution >= 4 is 17.3 Å². The number of methoxy groups -OCH3 is 1. The van der Waals surface area contributed by atoms with Gasteiger partial charge in [0.15, 0.2) is 0 Å². The van der Waals surface area contributed by atoms with E-state index in [1.54, 1.807) is 29.1 Å². The van der Waals surface area contributed by atoms with Crippen LogP contribution in [-0.2, 0) is 22.5 Å². The average Bonchev–Trinajstić information content (AvgIpc) is 2.96. The number of ether oxygens (including phenoxy) is 1. The highest BCUT2D eigenvalue weighted by Gasteiger charge is 2.13. The standard InChI is InChI=1S/C15H17NO4S/c1-20-8-3-7-16-12(13-4-2-9-21-13)6-5-11(15(16)19)10-14(17)18/h2,4-6,9H,3,7-8,10H2,1H3,(H,17,18). The van der Waals surface area contributed by atoms with Crippen molar-refractivity contribution in [3.05, 3.63) is 45.6 Å². The van der Waals surface area contributed by atoms with E-state index >= 15 is 0 Å². The van der Waals surface area contributed by atoms with Crippen molar-refractivity contribution in [2.24, 2.45) is 0 Å². The van der Waals surface area contributed by atoms with Crippen LogP contribution in [0.4, 0.5) is 0 Å². The lowest BCUT2D eigenvalue weighted by Crippen LogP contribution is -2.26. The van der Waals surface area contributed by atoms with E-state index in [2.05, 4.69) is 0 Å². The SMILES string of the molecule is COCCCn1c(-c2cccs2)ccc(CC(=O)O)c1=O. The molecule has 0 radical (unpaired) electrons. The maximum Gasteiger partial charge on any atom is 0.308 e. The highest BCUT2D eigenvalue weighted by molar-refractivity contribution is 7.13. The third kappa shape index (κ3) is 3.80. The van der Waals surface area contributed by atoms with Crippen molar-refractivity contribution in [3.8, 4) is 10.6 Å². The quantitative estimate of drug-likeness (QED) is 0.797. The van der Waals surface area contributed by atoms with Crippen LogP contribution >= 0.6 is 11.3 Å². The van der Waals surface area contributed by atoms with Gasteiger partial charge in [-0.1, -0.05) is 12.1 Å². The van der Waals surface area contributed by atoms with E-state index in [9.17, 15) is 9.59 Å². The van der Waals surface area contributed by atoms with Crippen LogP contribution in [0.1, 0.15) is 12.0 Å². The minimum absolute atomic E-state index is 0.237. The summed E-state index contributed by atoms with van der Waals surface area (Å²) < 4.78 is 6.66. The zero-order valence-electron chi connectivity index (χ0n) is 11.7. The first kappa shape index (κ1) is 15.5. The van der Waals surface area contributed by atoms with Gasteiger partial charge in [0.2, 0.25) is 0 Å². The molecule has 0 unspecified atom stereocenters. The molecule has 2 aromatic rings. The molecule has 0 aromatic carbocycles. The summed E-state index contributed by atoms with van der Waals surface area (Å²) in [5.74, 6) is -1.00. The van der Waals surface area contributed by atoms with Crippen molar-refractivity contribution in [3.63, 3.8) is 0 Å². The lowest BCUT2D eigenvalue weighted by Gasteiger charge is -2.13. The summed E-state index contributed by atoms with van der Waals surface area (Å²) in [4.78, 5) is 24.3. The van der Waals surface area contributed by atoms with E-state index in [0.29, 0.717) is 25.1 Å². The van der Waals surface area contributed by atoms with Gasteiger partial charge in [0.25, 0.3) is 5.56 Å². The van der Waals surface area contributed by atoms with Crippen molar-refractivity contribution in [2.45, 2.75) is 19.4 Å². The molecule has 6 heteroatoms. The molecule has 21 heavy (non-hydrogen) atoms. The molecule has 0 bridgehead atoms. The highest BCUT2D eigenvalue weighted by atomic mass is 32.1.